The van der Waals surface area contributed by atoms with Gasteiger partial charge in [-0.05, 0) is 31.3 Å². The molecule has 27 heavy (non-hydrogen) atoms. The van der Waals surface area contributed by atoms with Crippen LogP contribution in [0.4, 0.5) is 5.69 Å². The van der Waals surface area contributed by atoms with Crippen LogP contribution in [-0.2, 0) is 16.1 Å². The van der Waals surface area contributed by atoms with Crippen molar-refractivity contribution >= 4 is 47.3 Å². The van der Waals surface area contributed by atoms with Gasteiger partial charge in [0, 0.05) is 61.4 Å². The van der Waals surface area contributed by atoms with Gasteiger partial charge in [-0.1, -0.05) is 6.92 Å². The van der Waals surface area contributed by atoms with Crippen molar-refractivity contribution in [2.45, 2.75) is 13.5 Å². The fraction of sp³-hybridized carbons (Fsp3) is 0.526. The molecule has 1 amide bonds. The molecule has 1 saturated heterocycles. The third-order valence-corrected chi connectivity index (χ3v) is 4.76. The Morgan fingerprint density at radius 3 is 2.63 bits per heavy atom. The van der Waals surface area contributed by atoms with E-state index in [0.29, 0.717) is 6.54 Å². The van der Waals surface area contributed by atoms with Crippen LogP contribution < -0.4 is 10.6 Å². The lowest BCUT2D eigenvalue weighted by Crippen LogP contribution is -2.38. The number of carbonyl (C=O) groups excluding carboxylic acids is 1. The first-order valence-electron chi connectivity index (χ1n) is 9.02. The highest BCUT2D eigenvalue weighted by Crippen LogP contribution is 2.21. The van der Waals surface area contributed by atoms with E-state index in [2.05, 4.69) is 38.4 Å². The maximum Gasteiger partial charge on any atom is 0.228 e. The minimum Gasteiger partial charge on any atom is -0.379 e. The van der Waals surface area contributed by atoms with Crippen molar-refractivity contribution in [3.05, 3.63) is 30.5 Å². The molecule has 2 heterocycles. The standard InChI is InChI=1S/C19H28N4O2.2ClH/c1-15(14-20-2)19(24)21-17-3-4-18-16(13-17)5-6-23(18)8-7-22-9-11-25-12-10-22;;/h3-6,13,15,20H,7-12,14H2,1-2H3,(H,21,24);2*1H. The average molecular weight is 417 g/mol. The molecule has 1 aromatic carbocycles. The molecule has 1 fully saturated rings. The third-order valence-electron chi connectivity index (χ3n) is 4.76. The van der Waals surface area contributed by atoms with Gasteiger partial charge in [-0.15, -0.1) is 24.8 Å². The number of anilines is 1. The van der Waals surface area contributed by atoms with Crippen molar-refractivity contribution in [2.75, 3.05) is 51.8 Å². The van der Waals surface area contributed by atoms with Gasteiger partial charge in [-0.3, -0.25) is 9.69 Å². The summed E-state index contributed by atoms with van der Waals surface area (Å²) in [6.07, 6.45) is 2.13. The van der Waals surface area contributed by atoms with Crippen molar-refractivity contribution in [3.63, 3.8) is 0 Å². The Morgan fingerprint density at radius 2 is 1.93 bits per heavy atom. The summed E-state index contributed by atoms with van der Waals surface area (Å²) < 4.78 is 7.67. The van der Waals surface area contributed by atoms with Crippen LogP contribution in [0.25, 0.3) is 10.9 Å². The highest BCUT2D eigenvalue weighted by molar-refractivity contribution is 5.95. The molecule has 2 aromatic rings. The Morgan fingerprint density at radius 1 is 1.19 bits per heavy atom. The first-order valence-corrected chi connectivity index (χ1v) is 9.02. The molecule has 8 heteroatoms. The van der Waals surface area contributed by atoms with Gasteiger partial charge in [0.2, 0.25) is 5.91 Å². The van der Waals surface area contributed by atoms with E-state index in [1.165, 1.54) is 5.52 Å². The number of amides is 1. The summed E-state index contributed by atoms with van der Waals surface area (Å²) in [6.45, 7) is 8.29. The topological polar surface area (TPSA) is 58.5 Å². The number of ether oxygens (including phenoxy) is 1. The highest BCUT2D eigenvalue weighted by atomic mass is 35.5. The van der Waals surface area contributed by atoms with Gasteiger partial charge in [0.05, 0.1) is 13.2 Å². The van der Waals surface area contributed by atoms with Crippen LogP contribution in [0.3, 0.4) is 0 Å². The quantitative estimate of drug-likeness (QED) is 0.727. The average Bonchev–Trinajstić information content (AvgIpc) is 3.03. The molecule has 1 aliphatic heterocycles. The molecule has 0 bridgehead atoms. The second-order valence-corrected chi connectivity index (χ2v) is 6.68. The van der Waals surface area contributed by atoms with Crippen LogP contribution in [0.1, 0.15) is 6.92 Å². The van der Waals surface area contributed by atoms with Crippen LogP contribution in [0.5, 0.6) is 0 Å². The summed E-state index contributed by atoms with van der Waals surface area (Å²) >= 11 is 0. The minimum absolute atomic E-state index is 0. The number of halogens is 2. The Hall–Kier alpha value is -1.31. The number of fused-ring (bicyclic) bond motifs is 1. The largest absolute Gasteiger partial charge is 0.379 e. The lowest BCUT2D eigenvalue weighted by molar-refractivity contribution is -0.119. The van der Waals surface area contributed by atoms with Gasteiger partial charge in [-0.25, -0.2) is 0 Å². The van der Waals surface area contributed by atoms with Gasteiger partial charge >= 0.3 is 0 Å². The summed E-state index contributed by atoms with van der Waals surface area (Å²) in [6, 6.07) is 8.23. The molecular weight excluding hydrogens is 387 g/mol. The number of nitrogens with zero attached hydrogens (tertiary/aromatic N) is 2. The van der Waals surface area contributed by atoms with Crippen LogP contribution in [-0.4, -0.2) is 61.8 Å². The molecule has 0 aliphatic carbocycles. The number of hydrogen-bond donors (Lipinski definition) is 2. The molecule has 152 valence electrons. The van der Waals surface area contributed by atoms with Crippen molar-refractivity contribution in [2.24, 2.45) is 5.92 Å². The van der Waals surface area contributed by atoms with Crippen LogP contribution in [0.2, 0.25) is 0 Å². The van der Waals surface area contributed by atoms with E-state index < -0.39 is 0 Å². The van der Waals surface area contributed by atoms with Crippen molar-refractivity contribution in [1.29, 1.82) is 0 Å². The zero-order valence-electron chi connectivity index (χ0n) is 15.9. The molecule has 1 aliphatic rings. The van der Waals surface area contributed by atoms with E-state index in [0.717, 1.165) is 50.5 Å². The molecule has 0 radical (unpaired) electrons. The van der Waals surface area contributed by atoms with E-state index in [1.54, 1.807) is 0 Å². The van der Waals surface area contributed by atoms with E-state index in [4.69, 9.17) is 4.74 Å². The van der Waals surface area contributed by atoms with Gasteiger partial charge in [0.25, 0.3) is 0 Å². The van der Waals surface area contributed by atoms with Crippen LogP contribution in [0.15, 0.2) is 30.5 Å². The smallest absolute Gasteiger partial charge is 0.228 e. The first-order chi connectivity index (χ1) is 12.2. The van der Waals surface area contributed by atoms with Crippen LogP contribution >= 0.6 is 24.8 Å². The Kier molecular flexibility index (Phi) is 10.1. The lowest BCUT2D eigenvalue weighted by Gasteiger charge is -2.26. The Bertz CT molecular complexity index is 717. The SMILES string of the molecule is CNCC(C)C(=O)Nc1ccc2c(ccn2CCN2CCOCC2)c1.Cl.Cl. The third kappa shape index (κ3) is 6.36. The van der Waals surface area contributed by atoms with E-state index >= 15 is 0 Å². The molecule has 0 saturated carbocycles. The van der Waals surface area contributed by atoms with Crippen LogP contribution in [0, 0.1) is 5.92 Å². The fourth-order valence-electron chi connectivity index (χ4n) is 3.21. The number of morpholine rings is 1. The zero-order valence-corrected chi connectivity index (χ0v) is 17.6. The number of hydrogen-bond acceptors (Lipinski definition) is 4. The number of carbonyl (C=O) groups is 1. The van der Waals surface area contributed by atoms with Crippen molar-refractivity contribution < 1.29 is 9.53 Å². The summed E-state index contributed by atoms with van der Waals surface area (Å²) in [5, 5.41) is 7.19. The first kappa shape index (κ1) is 23.7. The predicted molar refractivity (Wildman–Crippen MR) is 115 cm³/mol. The summed E-state index contributed by atoms with van der Waals surface area (Å²) in [5.41, 5.74) is 2.06. The molecule has 0 spiro atoms. The number of nitrogens with one attached hydrogen (secondary N) is 2. The second-order valence-electron chi connectivity index (χ2n) is 6.68. The molecule has 1 unspecified atom stereocenters. The molecule has 2 N–H and O–H groups in total. The maximum atomic E-state index is 12.1. The van der Waals surface area contributed by atoms with E-state index in [9.17, 15) is 4.79 Å². The zero-order chi connectivity index (χ0) is 17.6. The van der Waals surface area contributed by atoms with Crippen molar-refractivity contribution in [3.8, 4) is 0 Å². The maximum absolute atomic E-state index is 12.1. The summed E-state index contributed by atoms with van der Waals surface area (Å²) in [4.78, 5) is 14.6. The van der Waals surface area contributed by atoms with Gasteiger partial charge < -0.3 is 19.9 Å². The summed E-state index contributed by atoms with van der Waals surface area (Å²) in [5.74, 6) is -0.0146. The van der Waals surface area contributed by atoms with Gasteiger partial charge in [0.15, 0.2) is 0 Å². The molecule has 1 aromatic heterocycles. The molecule has 3 rings (SSSR count). The number of aromatic nitrogens is 1. The predicted octanol–water partition coefficient (Wildman–Crippen LogP) is 2.61. The number of benzene rings is 1. The van der Waals surface area contributed by atoms with E-state index in [-0.39, 0.29) is 36.6 Å². The summed E-state index contributed by atoms with van der Waals surface area (Å²) in [7, 11) is 1.86. The monoisotopic (exact) mass is 416 g/mol. The Labute approximate surface area is 173 Å². The Balaban J connectivity index is 0.00000182. The molecular formula is C19H30Cl2N4O2. The molecule has 6 nitrogen and oxygen atoms in total. The number of rotatable bonds is 7. The minimum atomic E-state index is -0.0567. The van der Waals surface area contributed by atoms with E-state index in [1.807, 2.05) is 26.1 Å². The van der Waals surface area contributed by atoms with Gasteiger partial charge in [-0.2, -0.15) is 0 Å². The van der Waals surface area contributed by atoms with Gasteiger partial charge in [0.1, 0.15) is 0 Å². The second kappa shape index (κ2) is 11.5. The van der Waals surface area contributed by atoms with Crippen molar-refractivity contribution in [1.82, 2.24) is 14.8 Å². The normalized spacial score (nSPS) is 15.6. The lowest BCUT2D eigenvalue weighted by atomic mass is 10.1. The molecule has 1 atom stereocenters. The fourth-order valence-corrected chi connectivity index (χ4v) is 3.21. The highest BCUT2D eigenvalue weighted by Gasteiger charge is 2.13.